The first-order valence-corrected chi connectivity index (χ1v) is 7.89. The minimum absolute atomic E-state index is 0.143. The molecule has 0 radical (unpaired) electrons. The molecule has 2 heterocycles. The Labute approximate surface area is 115 Å². The van der Waals surface area contributed by atoms with E-state index in [0.717, 1.165) is 13.1 Å². The highest BCUT2D eigenvalue weighted by Gasteiger charge is 2.39. The third kappa shape index (κ3) is 2.79. The molecule has 3 rings (SSSR count). The highest BCUT2D eigenvalue weighted by Crippen LogP contribution is 2.44. The van der Waals surface area contributed by atoms with Crippen LogP contribution in [0.3, 0.4) is 0 Å². The monoisotopic (exact) mass is 266 g/mol. The molecule has 19 heavy (non-hydrogen) atoms. The first-order valence-electron chi connectivity index (χ1n) is 7.89. The van der Waals surface area contributed by atoms with Gasteiger partial charge in [-0.05, 0) is 37.5 Å². The first-order chi connectivity index (χ1) is 9.19. The van der Waals surface area contributed by atoms with Gasteiger partial charge >= 0.3 is 0 Å². The molecule has 0 unspecified atom stereocenters. The van der Waals surface area contributed by atoms with Gasteiger partial charge in [0.15, 0.2) is 0 Å². The van der Waals surface area contributed by atoms with Crippen molar-refractivity contribution in [1.82, 2.24) is 10.2 Å². The number of carbonyl (C=O) groups is 1. The van der Waals surface area contributed by atoms with Crippen molar-refractivity contribution in [2.75, 3.05) is 19.6 Å². The molecule has 1 amide bonds. The molecule has 0 aromatic rings. The van der Waals surface area contributed by atoms with Gasteiger partial charge in [0.2, 0.25) is 5.91 Å². The smallest absolute Gasteiger partial charge is 0.239 e. The Bertz CT molecular complexity index is 329. The molecule has 0 aromatic carbocycles. The highest BCUT2D eigenvalue weighted by molar-refractivity contribution is 5.82. The van der Waals surface area contributed by atoms with E-state index >= 15 is 0 Å². The Morgan fingerprint density at radius 1 is 1.11 bits per heavy atom. The van der Waals surface area contributed by atoms with Crippen LogP contribution in [0, 0.1) is 5.41 Å². The predicted octanol–water partition coefficient (Wildman–Crippen LogP) is 1.28. The van der Waals surface area contributed by atoms with Crippen molar-refractivity contribution in [2.45, 2.75) is 63.5 Å². The van der Waals surface area contributed by atoms with Crippen LogP contribution in [0.4, 0.5) is 0 Å². The molecule has 2 saturated heterocycles. The van der Waals surface area contributed by atoms with Gasteiger partial charge in [-0.1, -0.05) is 19.3 Å². The topological polar surface area (TPSA) is 52.6 Å². The fraction of sp³-hybridized carbons (Fsp3) is 0.933. The normalized spacial score (nSPS) is 34.7. The molecule has 1 aliphatic carbocycles. The second kappa shape index (κ2) is 5.41. The Morgan fingerprint density at radius 3 is 2.37 bits per heavy atom. The molecule has 3 fully saturated rings. The summed E-state index contributed by atoms with van der Waals surface area (Å²) in [5, 5.41) is 12.6. The average molecular weight is 266 g/mol. The molecule has 1 saturated carbocycles. The van der Waals surface area contributed by atoms with Crippen molar-refractivity contribution in [3.8, 4) is 0 Å². The summed E-state index contributed by atoms with van der Waals surface area (Å²) < 4.78 is 0. The zero-order valence-corrected chi connectivity index (χ0v) is 11.7. The van der Waals surface area contributed by atoms with E-state index in [9.17, 15) is 9.90 Å². The Kier molecular flexibility index (Phi) is 3.81. The number of likely N-dealkylation sites (tertiary alicyclic amines) is 1. The fourth-order valence-electron chi connectivity index (χ4n) is 4.13. The van der Waals surface area contributed by atoms with E-state index in [-0.39, 0.29) is 18.1 Å². The van der Waals surface area contributed by atoms with E-state index in [1.165, 1.54) is 44.9 Å². The number of aliphatic hydroxyl groups is 1. The molecule has 0 bridgehead atoms. The lowest BCUT2D eigenvalue weighted by Crippen LogP contribution is -2.49. The van der Waals surface area contributed by atoms with E-state index in [4.69, 9.17) is 0 Å². The van der Waals surface area contributed by atoms with Crippen LogP contribution in [0.5, 0.6) is 0 Å². The molecule has 4 nitrogen and oxygen atoms in total. The van der Waals surface area contributed by atoms with Crippen molar-refractivity contribution in [2.24, 2.45) is 5.41 Å². The van der Waals surface area contributed by atoms with Crippen LogP contribution in [-0.4, -0.2) is 47.7 Å². The van der Waals surface area contributed by atoms with Crippen molar-refractivity contribution >= 4 is 5.91 Å². The summed E-state index contributed by atoms with van der Waals surface area (Å²) in [7, 11) is 0. The van der Waals surface area contributed by atoms with Crippen LogP contribution in [0.15, 0.2) is 0 Å². The molecule has 3 aliphatic rings. The number of hydrogen-bond donors (Lipinski definition) is 2. The van der Waals surface area contributed by atoms with Gasteiger partial charge in [-0.15, -0.1) is 0 Å². The summed E-state index contributed by atoms with van der Waals surface area (Å²) in [6, 6.07) is -0.143. The maximum atomic E-state index is 12.4. The molecule has 4 heteroatoms. The molecular weight excluding hydrogens is 240 g/mol. The standard InChI is InChI=1S/C15H26N2O2/c18-12-10-13(16-11-12)14(19)17-8-6-15(7-9-17)4-2-1-3-5-15/h12-13,16,18H,1-11H2/t12-,13-/m0/s1. The van der Waals surface area contributed by atoms with Gasteiger partial charge in [-0.25, -0.2) is 0 Å². The van der Waals surface area contributed by atoms with Crippen LogP contribution in [-0.2, 0) is 4.79 Å². The highest BCUT2D eigenvalue weighted by atomic mass is 16.3. The van der Waals surface area contributed by atoms with E-state index in [1.807, 2.05) is 4.90 Å². The number of nitrogens with zero attached hydrogens (tertiary/aromatic N) is 1. The molecule has 2 atom stereocenters. The fourth-order valence-corrected chi connectivity index (χ4v) is 4.13. The summed E-state index contributed by atoms with van der Waals surface area (Å²) in [5.74, 6) is 0.210. The first kappa shape index (κ1) is 13.4. The van der Waals surface area contributed by atoms with Crippen LogP contribution in [0.25, 0.3) is 0 Å². The van der Waals surface area contributed by atoms with Crippen LogP contribution < -0.4 is 5.32 Å². The van der Waals surface area contributed by atoms with Crippen molar-refractivity contribution in [3.63, 3.8) is 0 Å². The van der Waals surface area contributed by atoms with Crippen molar-refractivity contribution in [3.05, 3.63) is 0 Å². The van der Waals surface area contributed by atoms with Gasteiger partial charge in [0.1, 0.15) is 0 Å². The van der Waals surface area contributed by atoms with E-state index in [2.05, 4.69) is 5.32 Å². The van der Waals surface area contributed by atoms with Gasteiger partial charge in [0.25, 0.3) is 0 Å². The van der Waals surface area contributed by atoms with E-state index in [1.54, 1.807) is 0 Å². The van der Waals surface area contributed by atoms with Gasteiger partial charge in [0.05, 0.1) is 12.1 Å². The van der Waals surface area contributed by atoms with Crippen LogP contribution >= 0.6 is 0 Å². The predicted molar refractivity (Wildman–Crippen MR) is 73.7 cm³/mol. The molecule has 0 aromatic heterocycles. The number of nitrogens with one attached hydrogen (secondary N) is 1. The number of amides is 1. The maximum absolute atomic E-state index is 12.4. The second-order valence-electron chi connectivity index (χ2n) is 6.74. The zero-order chi connectivity index (χ0) is 13.3. The number of piperidine rings is 1. The van der Waals surface area contributed by atoms with Gasteiger partial charge in [-0.3, -0.25) is 4.79 Å². The van der Waals surface area contributed by atoms with E-state index in [0.29, 0.717) is 18.4 Å². The lowest BCUT2D eigenvalue weighted by Gasteiger charge is -2.44. The summed E-state index contributed by atoms with van der Waals surface area (Å²) in [6.07, 6.45) is 9.51. The van der Waals surface area contributed by atoms with Crippen LogP contribution in [0.1, 0.15) is 51.4 Å². The minimum atomic E-state index is -0.344. The van der Waals surface area contributed by atoms with Gasteiger partial charge in [0, 0.05) is 19.6 Å². The average Bonchev–Trinajstić information content (AvgIpc) is 2.87. The molecule has 108 valence electrons. The number of aliphatic hydroxyl groups excluding tert-OH is 1. The van der Waals surface area contributed by atoms with Crippen LogP contribution in [0.2, 0.25) is 0 Å². The molecule has 1 spiro atoms. The third-order valence-electron chi connectivity index (χ3n) is 5.46. The Hall–Kier alpha value is -0.610. The lowest BCUT2D eigenvalue weighted by molar-refractivity contribution is -0.136. The zero-order valence-electron chi connectivity index (χ0n) is 11.7. The summed E-state index contributed by atoms with van der Waals surface area (Å²) in [4.78, 5) is 14.4. The van der Waals surface area contributed by atoms with E-state index < -0.39 is 0 Å². The number of rotatable bonds is 1. The number of carbonyl (C=O) groups excluding carboxylic acids is 1. The Balaban J connectivity index is 1.53. The van der Waals surface area contributed by atoms with Gasteiger partial charge in [-0.2, -0.15) is 0 Å². The molecular formula is C15H26N2O2. The third-order valence-corrected chi connectivity index (χ3v) is 5.46. The minimum Gasteiger partial charge on any atom is -0.392 e. The summed E-state index contributed by atoms with van der Waals surface area (Å²) >= 11 is 0. The summed E-state index contributed by atoms with van der Waals surface area (Å²) in [6.45, 7) is 2.41. The maximum Gasteiger partial charge on any atom is 0.239 e. The second-order valence-corrected chi connectivity index (χ2v) is 6.74. The van der Waals surface area contributed by atoms with Crippen molar-refractivity contribution in [1.29, 1.82) is 0 Å². The Morgan fingerprint density at radius 2 is 1.79 bits per heavy atom. The lowest BCUT2D eigenvalue weighted by atomic mass is 9.68. The molecule has 2 N–H and O–H groups in total. The van der Waals surface area contributed by atoms with Gasteiger partial charge < -0.3 is 15.3 Å². The number of hydrogen-bond acceptors (Lipinski definition) is 3. The quantitative estimate of drug-likeness (QED) is 0.752. The summed E-state index contributed by atoms with van der Waals surface area (Å²) in [5.41, 5.74) is 0.553. The SMILES string of the molecule is O=C([C@@H]1C[C@H](O)CN1)N1CCC2(CCCCC2)CC1. The largest absolute Gasteiger partial charge is 0.392 e. The molecule has 2 aliphatic heterocycles. The number of β-amino-alcohol motifs (C(OH)–C–C–N with tert-alkyl or cyclic N) is 1. The van der Waals surface area contributed by atoms with Crippen molar-refractivity contribution < 1.29 is 9.90 Å².